The third-order valence-electron chi connectivity index (χ3n) is 7.21. The van der Waals surface area contributed by atoms with Crippen molar-refractivity contribution in [3.05, 3.63) is 59.6 Å². The Hall–Kier alpha value is -3.41. The minimum absolute atomic E-state index is 0.143. The van der Waals surface area contributed by atoms with Crippen molar-refractivity contribution in [3.63, 3.8) is 0 Å². The second-order valence-corrected chi connectivity index (χ2v) is 12.3. The van der Waals surface area contributed by atoms with Crippen molar-refractivity contribution < 1.29 is 22.7 Å². The Morgan fingerprint density at radius 1 is 0.975 bits per heavy atom. The van der Waals surface area contributed by atoms with E-state index in [0.29, 0.717) is 66.7 Å². The van der Waals surface area contributed by atoms with Crippen LogP contribution in [0.1, 0.15) is 12.8 Å². The Bertz CT molecular complexity index is 1440. The number of hydrogen-bond donors (Lipinski definition) is 0. The molecule has 2 aromatic carbocycles. The average molecular weight is 586 g/mol. The minimum atomic E-state index is -3.81. The highest BCUT2D eigenvalue weighted by atomic mass is 35.5. The summed E-state index contributed by atoms with van der Waals surface area (Å²) < 4.78 is 38.7. The molecule has 3 aromatic rings. The van der Waals surface area contributed by atoms with E-state index in [1.54, 1.807) is 37.3 Å². The monoisotopic (exact) mass is 585 g/mol. The fraction of sp³-hybridized carbons (Fsp3) is 0.393. The van der Waals surface area contributed by atoms with Crippen LogP contribution in [-0.2, 0) is 14.8 Å². The van der Waals surface area contributed by atoms with Crippen LogP contribution < -0.4 is 14.4 Å². The number of piperazine rings is 1. The van der Waals surface area contributed by atoms with E-state index in [4.69, 9.17) is 21.1 Å². The first-order valence-electron chi connectivity index (χ1n) is 13.1. The molecule has 12 heteroatoms. The standard InChI is InChI=1S/C28H32ClN5O5S/c1-38-22-7-10-24(26(17-22)39-2)25-11-12-27(31-30-25)32-13-15-33(16-14-32)28(35)19-34(18-20-3-4-20)40(36,37)23-8-5-21(29)6-9-23/h5-12,17,20H,3-4,13-16,18-19H2,1-2H3. The lowest BCUT2D eigenvalue weighted by molar-refractivity contribution is -0.131. The van der Waals surface area contributed by atoms with Gasteiger partial charge in [-0.2, -0.15) is 4.31 Å². The van der Waals surface area contributed by atoms with E-state index >= 15 is 0 Å². The quantitative estimate of drug-likeness (QED) is 0.356. The van der Waals surface area contributed by atoms with Crippen LogP contribution in [0.15, 0.2) is 59.5 Å². The first-order valence-corrected chi connectivity index (χ1v) is 14.9. The molecule has 2 aliphatic rings. The summed E-state index contributed by atoms with van der Waals surface area (Å²) in [5, 5.41) is 9.28. The SMILES string of the molecule is COc1ccc(-c2ccc(N3CCN(C(=O)CN(CC4CC4)S(=O)(=O)c4ccc(Cl)cc4)CC3)nn2)c(OC)c1. The molecule has 2 heterocycles. The number of hydrogen-bond acceptors (Lipinski definition) is 8. The lowest BCUT2D eigenvalue weighted by Crippen LogP contribution is -2.52. The lowest BCUT2D eigenvalue weighted by Gasteiger charge is -2.36. The molecule has 10 nitrogen and oxygen atoms in total. The highest BCUT2D eigenvalue weighted by Gasteiger charge is 2.34. The van der Waals surface area contributed by atoms with Crippen molar-refractivity contribution in [1.82, 2.24) is 19.4 Å². The number of methoxy groups -OCH3 is 2. The highest BCUT2D eigenvalue weighted by molar-refractivity contribution is 7.89. The number of nitrogens with zero attached hydrogens (tertiary/aromatic N) is 5. The Morgan fingerprint density at radius 2 is 1.70 bits per heavy atom. The van der Waals surface area contributed by atoms with Crippen molar-refractivity contribution in [2.24, 2.45) is 5.92 Å². The summed E-state index contributed by atoms with van der Waals surface area (Å²) in [7, 11) is -0.617. The van der Waals surface area contributed by atoms with Crippen LogP contribution in [0.4, 0.5) is 5.82 Å². The summed E-state index contributed by atoms with van der Waals surface area (Å²) in [6.45, 7) is 2.23. The van der Waals surface area contributed by atoms with Gasteiger partial charge in [0.25, 0.3) is 0 Å². The summed E-state index contributed by atoms with van der Waals surface area (Å²) in [6.07, 6.45) is 1.95. The summed E-state index contributed by atoms with van der Waals surface area (Å²) in [6, 6.07) is 15.4. The molecule has 5 rings (SSSR count). The Morgan fingerprint density at radius 3 is 2.30 bits per heavy atom. The van der Waals surface area contributed by atoms with Gasteiger partial charge in [-0.05, 0) is 67.3 Å². The smallest absolute Gasteiger partial charge is 0.243 e. The summed E-state index contributed by atoms with van der Waals surface area (Å²) in [5.41, 5.74) is 1.48. The van der Waals surface area contributed by atoms with Crippen molar-refractivity contribution in [1.29, 1.82) is 0 Å². The van der Waals surface area contributed by atoms with Crippen molar-refractivity contribution in [3.8, 4) is 22.8 Å². The highest BCUT2D eigenvalue weighted by Crippen LogP contribution is 2.33. The van der Waals surface area contributed by atoms with Crippen LogP contribution in [0.5, 0.6) is 11.5 Å². The Balaban J connectivity index is 1.21. The first kappa shape index (κ1) is 28.1. The fourth-order valence-electron chi connectivity index (χ4n) is 4.68. The third kappa shape index (κ3) is 6.32. The maximum atomic E-state index is 13.3. The topological polar surface area (TPSA) is 105 Å². The minimum Gasteiger partial charge on any atom is -0.497 e. The maximum absolute atomic E-state index is 13.3. The van der Waals surface area contributed by atoms with Crippen LogP contribution in [0.3, 0.4) is 0 Å². The number of anilines is 1. The predicted octanol–water partition coefficient (Wildman–Crippen LogP) is 3.56. The number of sulfonamides is 1. The zero-order chi connectivity index (χ0) is 28.3. The lowest BCUT2D eigenvalue weighted by atomic mass is 10.1. The number of rotatable bonds is 10. The molecular formula is C28H32ClN5O5S. The van der Waals surface area contributed by atoms with Gasteiger partial charge >= 0.3 is 0 Å². The van der Waals surface area contributed by atoms with E-state index in [0.717, 1.165) is 18.4 Å². The molecule has 0 bridgehead atoms. The average Bonchev–Trinajstić information content (AvgIpc) is 3.81. The number of halogens is 1. The molecule has 0 spiro atoms. The summed E-state index contributed by atoms with van der Waals surface area (Å²) >= 11 is 5.95. The second kappa shape index (κ2) is 12.0. The molecule has 0 N–H and O–H groups in total. The Kier molecular flexibility index (Phi) is 8.43. The number of carbonyl (C=O) groups is 1. The van der Waals surface area contributed by atoms with Gasteiger partial charge in [-0.3, -0.25) is 4.79 Å². The predicted molar refractivity (Wildman–Crippen MR) is 152 cm³/mol. The van der Waals surface area contributed by atoms with E-state index in [1.165, 1.54) is 16.4 Å². The normalized spacial score (nSPS) is 15.8. The van der Waals surface area contributed by atoms with Gasteiger partial charge in [0.05, 0.1) is 31.4 Å². The molecular weight excluding hydrogens is 554 g/mol. The van der Waals surface area contributed by atoms with Gasteiger partial charge in [-0.25, -0.2) is 8.42 Å². The molecule has 1 saturated heterocycles. The van der Waals surface area contributed by atoms with Crippen molar-refractivity contribution in [2.45, 2.75) is 17.7 Å². The number of ether oxygens (including phenoxy) is 2. The fourth-order valence-corrected chi connectivity index (χ4v) is 6.27. The van der Waals surface area contributed by atoms with Crippen LogP contribution in [0, 0.1) is 5.92 Å². The van der Waals surface area contributed by atoms with E-state index in [-0.39, 0.29) is 17.3 Å². The number of carbonyl (C=O) groups excluding carboxylic acids is 1. The summed E-state index contributed by atoms with van der Waals surface area (Å²) in [4.78, 5) is 17.2. The van der Waals surface area contributed by atoms with E-state index in [1.807, 2.05) is 24.3 Å². The van der Waals surface area contributed by atoms with Crippen molar-refractivity contribution in [2.75, 3.05) is 58.4 Å². The van der Waals surface area contributed by atoms with Gasteiger partial charge < -0.3 is 19.3 Å². The molecule has 40 heavy (non-hydrogen) atoms. The van der Waals surface area contributed by atoms with Crippen LogP contribution in [-0.4, -0.2) is 87.2 Å². The van der Waals surface area contributed by atoms with Crippen molar-refractivity contribution >= 4 is 33.3 Å². The van der Waals surface area contributed by atoms with Crippen LogP contribution >= 0.6 is 11.6 Å². The van der Waals surface area contributed by atoms with Gasteiger partial charge in [0.2, 0.25) is 15.9 Å². The Labute approximate surface area is 239 Å². The molecule has 2 fully saturated rings. The summed E-state index contributed by atoms with van der Waals surface area (Å²) in [5.74, 6) is 2.14. The molecule has 0 radical (unpaired) electrons. The molecule has 1 saturated carbocycles. The molecule has 1 aliphatic carbocycles. The van der Waals surface area contributed by atoms with Gasteiger partial charge in [0.15, 0.2) is 5.82 Å². The van der Waals surface area contributed by atoms with Gasteiger partial charge in [-0.1, -0.05) is 11.6 Å². The van der Waals surface area contributed by atoms with Gasteiger partial charge in [0.1, 0.15) is 11.5 Å². The number of aromatic nitrogens is 2. The molecule has 1 amide bonds. The number of benzene rings is 2. The van der Waals surface area contributed by atoms with Gasteiger partial charge in [-0.15, -0.1) is 10.2 Å². The van der Waals surface area contributed by atoms with Crippen LogP contribution in [0.2, 0.25) is 5.02 Å². The largest absolute Gasteiger partial charge is 0.497 e. The molecule has 1 aromatic heterocycles. The maximum Gasteiger partial charge on any atom is 0.243 e. The third-order valence-corrected chi connectivity index (χ3v) is 9.29. The molecule has 0 atom stereocenters. The van der Waals surface area contributed by atoms with Crippen LogP contribution in [0.25, 0.3) is 11.3 Å². The first-order chi connectivity index (χ1) is 19.3. The van der Waals surface area contributed by atoms with E-state index in [9.17, 15) is 13.2 Å². The van der Waals surface area contributed by atoms with E-state index < -0.39 is 10.0 Å². The zero-order valence-electron chi connectivity index (χ0n) is 22.5. The van der Waals surface area contributed by atoms with E-state index in [2.05, 4.69) is 15.1 Å². The second-order valence-electron chi connectivity index (χ2n) is 9.91. The zero-order valence-corrected chi connectivity index (χ0v) is 24.1. The molecule has 1 aliphatic heterocycles. The molecule has 212 valence electrons. The van der Waals surface area contributed by atoms with Gasteiger partial charge in [0, 0.05) is 49.4 Å². The molecule has 0 unspecified atom stereocenters. The number of amides is 1.